The lowest BCUT2D eigenvalue weighted by molar-refractivity contribution is 0.0689. The fourth-order valence-corrected chi connectivity index (χ4v) is 1.42. The monoisotopic (exact) mass is 226 g/mol. The third kappa shape index (κ3) is 1.88. The van der Waals surface area contributed by atoms with Crippen molar-refractivity contribution >= 4 is 5.97 Å². The molecule has 0 spiro atoms. The van der Waals surface area contributed by atoms with E-state index < -0.39 is 34.2 Å². The minimum absolute atomic E-state index is 0.264. The Morgan fingerprint density at radius 2 is 1.62 bits per heavy atom. The average Bonchev–Trinajstić information content (AvgIpc) is 2.09. The van der Waals surface area contributed by atoms with Gasteiger partial charge in [0.05, 0.1) is 0 Å². The average molecular weight is 226 g/mol. The molecule has 0 saturated carbocycles. The minimum Gasteiger partial charge on any atom is -0.507 e. The molecule has 0 saturated heterocycles. The lowest BCUT2D eigenvalue weighted by atomic mass is 9.84. The van der Waals surface area contributed by atoms with Crippen LogP contribution in [0, 0.1) is 0 Å². The fraction of sp³-hybridized carbons (Fsp3) is 0.364. The minimum atomic E-state index is -1.49. The highest BCUT2D eigenvalue weighted by atomic mass is 16.4. The first-order valence-electron chi connectivity index (χ1n) is 4.68. The van der Waals surface area contributed by atoms with Crippen LogP contribution in [0.15, 0.2) is 6.07 Å². The summed E-state index contributed by atoms with van der Waals surface area (Å²) in [6.45, 7) is 5.26. The fourth-order valence-electron chi connectivity index (χ4n) is 1.42. The molecule has 1 aromatic carbocycles. The van der Waals surface area contributed by atoms with E-state index in [4.69, 9.17) is 5.11 Å². The Bertz CT molecular complexity index is 443. The Balaban J connectivity index is 3.64. The standard InChI is InChI=1S/C11H14O5/c1-11(2,3)5-4-6(12)9(14)7(8(5)13)10(15)16/h4,12-14H,1-3H3,(H,15,16). The van der Waals surface area contributed by atoms with Crippen molar-refractivity contribution in [3.05, 3.63) is 17.2 Å². The second-order valence-electron chi connectivity index (χ2n) is 4.57. The number of hydrogen-bond donors (Lipinski definition) is 4. The van der Waals surface area contributed by atoms with Crippen LogP contribution in [0.4, 0.5) is 0 Å². The Morgan fingerprint density at radius 1 is 1.12 bits per heavy atom. The number of rotatable bonds is 1. The number of carboxylic acid groups (broad SMARTS) is 1. The molecule has 0 radical (unpaired) electrons. The van der Waals surface area contributed by atoms with E-state index in [9.17, 15) is 20.1 Å². The first-order chi connectivity index (χ1) is 7.16. The number of phenolic OH excluding ortho intramolecular Hbond substituents is 1. The number of aromatic carboxylic acids is 1. The summed E-state index contributed by atoms with van der Waals surface area (Å²) in [5.74, 6) is -3.38. The van der Waals surface area contributed by atoms with E-state index in [1.165, 1.54) is 0 Å². The van der Waals surface area contributed by atoms with Crippen molar-refractivity contribution in [2.24, 2.45) is 0 Å². The van der Waals surface area contributed by atoms with Crippen LogP contribution >= 0.6 is 0 Å². The highest BCUT2D eigenvalue weighted by Crippen LogP contribution is 2.42. The molecule has 88 valence electrons. The molecule has 0 aliphatic carbocycles. The maximum Gasteiger partial charge on any atom is 0.343 e. The van der Waals surface area contributed by atoms with E-state index in [1.807, 2.05) is 0 Å². The van der Waals surface area contributed by atoms with Crippen molar-refractivity contribution in [2.75, 3.05) is 0 Å². The van der Waals surface area contributed by atoms with Crippen LogP contribution in [0.25, 0.3) is 0 Å². The van der Waals surface area contributed by atoms with Gasteiger partial charge in [-0.15, -0.1) is 0 Å². The first-order valence-corrected chi connectivity index (χ1v) is 4.68. The molecule has 16 heavy (non-hydrogen) atoms. The largest absolute Gasteiger partial charge is 0.507 e. The predicted molar refractivity (Wildman–Crippen MR) is 57.1 cm³/mol. The van der Waals surface area contributed by atoms with E-state index in [0.717, 1.165) is 6.07 Å². The van der Waals surface area contributed by atoms with Gasteiger partial charge in [-0.25, -0.2) is 4.79 Å². The molecular formula is C11H14O5. The van der Waals surface area contributed by atoms with Gasteiger partial charge in [-0.05, 0) is 11.5 Å². The molecule has 0 atom stereocenters. The van der Waals surface area contributed by atoms with Crippen molar-refractivity contribution in [1.29, 1.82) is 0 Å². The molecule has 0 unspecified atom stereocenters. The van der Waals surface area contributed by atoms with Crippen LogP contribution in [-0.2, 0) is 5.41 Å². The molecule has 5 heteroatoms. The number of benzene rings is 1. The van der Waals surface area contributed by atoms with Crippen molar-refractivity contribution < 1.29 is 25.2 Å². The van der Waals surface area contributed by atoms with Gasteiger partial charge in [0.15, 0.2) is 11.5 Å². The van der Waals surface area contributed by atoms with E-state index >= 15 is 0 Å². The quantitative estimate of drug-likeness (QED) is 0.432. The second kappa shape index (κ2) is 3.59. The van der Waals surface area contributed by atoms with Crippen LogP contribution in [0.2, 0.25) is 0 Å². The van der Waals surface area contributed by atoms with Gasteiger partial charge in [0.25, 0.3) is 0 Å². The van der Waals surface area contributed by atoms with Gasteiger partial charge in [-0.1, -0.05) is 20.8 Å². The number of aromatic hydroxyl groups is 3. The van der Waals surface area contributed by atoms with Gasteiger partial charge >= 0.3 is 5.97 Å². The van der Waals surface area contributed by atoms with Crippen molar-refractivity contribution in [3.8, 4) is 17.2 Å². The predicted octanol–water partition coefficient (Wildman–Crippen LogP) is 1.80. The third-order valence-corrected chi connectivity index (χ3v) is 2.27. The summed E-state index contributed by atoms with van der Waals surface area (Å²) in [6.07, 6.45) is 0. The van der Waals surface area contributed by atoms with Gasteiger partial charge in [-0.2, -0.15) is 0 Å². The molecule has 0 heterocycles. The summed E-state index contributed by atoms with van der Waals surface area (Å²) >= 11 is 0. The second-order valence-corrected chi connectivity index (χ2v) is 4.57. The lowest BCUT2D eigenvalue weighted by Gasteiger charge is -2.22. The third-order valence-electron chi connectivity index (χ3n) is 2.27. The molecular weight excluding hydrogens is 212 g/mol. The topological polar surface area (TPSA) is 98.0 Å². The van der Waals surface area contributed by atoms with Crippen molar-refractivity contribution in [3.63, 3.8) is 0 Å². The number of phenols is 3. The van der Waals surface area contributed by atoms with Crippen molar-refractivity contribution in [1.82, 2.24) is 0 Å². The van der Waals surface area contributed by atoms with E-state index in [1.54, 1.807) is 20.8 Å². The Hall–Kier alpha value is -1.91. The van der Waals surface area contributed by atoms with Gasteiger partial charge in [0.1, 0.15) is 11.3 Å². The molecule has 0 aliphatic heterocycles. The summed E-state index contributed by atoms with van der Waals surface area (Å²) in [4.78, 5) is 10.8. The molecule has 0 amide bonds. The van der Waals surface area contributed by atoms with E-state index in [-0.39, 0.29) is 5.56 Å². The van der Waals surface area contributed by atoms with Crippen LogP contribution in [0.1, 0.15) is 36.7 Å². The molecule has 1 aromatic rings. The highest BCUT2D eigenvalue weighted by molar-refractivity contribution is 5.95. The number of carbonyl (C=O) groups is 1. The molecule has 0 fully saturated rings. The zero-order chi connectivity index (χ0) is 12.7. The summed E-state index contributed by atoms with van der Waals surface area (Å²) in [5.41, 5.74) is -0.954. The van der Waals surface area contributed by atoms with E-state index in [0.29, 0.717) is 0 Å². The SMILES string of the molecule is CC(C)(C)c1cc(O)c(O)c(C(=O)O)c1O. The van der Waals surface area contributed by atoms with Crippen LogP contribution < -0.4 is 0 Å². The van der Waals surface area contributed by atoms with Crippen molar-refractivity contribution in [2.45, 2.75) is 26.2 Å². The Kier molecular flexibility index (Phi) is 2.73. The maximum absolute atomic E-state index is 10.8. The molecule has 0 aliphatic rings. The summed E-state index contributed by atoms with van der Waals surface area (Å²) in [5, 5.41) is 37.3. The molecule has 5 nitrogen and oxygen atoms in total. The van der Waals surface area contributed by atoms with Gasteiger partial charge in [0.2, 0.25) is 0 Å². The highest BCUT2D eigenvalue weighted by Gasteiger charge is 2.27. The van der Waals surface area contributed by atoms with Crippen LogP contribution in [0.3, 0.4) is 0 Å². The van der Waals surface area contributed by atoms with E-state index in [2.05, 4.69) is 0 Å². The lowest BCUT2D eigenvalue weighted by Crippen LogP contribution is -2.13. The summed E-state index contributed by atoms with van der Waals surface area (Å²) in [7, 11) is 0. The summed E-state index contributed by atoms with van der Waals surface area (Å²) < 4.78 is 0. The van der Waals surface area contributed by atoms with Gasteiger partial charge < -0.3 is 20.4 Å². The smallest absolute Gasteiger partial charge is 0.343 e. The molecule has 1 rings (SSSR count). The summed E-state index contributed by atoms with van der Waals surface area (Å²) in [6, 6.07) is 1.16. The van der Waals surface area contributed by atoms with Gasteiger partial charge in [-0.3, -0.25) is 0 Å². The maximum atomic E-state index is 10.8. The zero-order valence-electron chi connectivity index (χ0n) is 9.27. The molecule has 0 aromatic heterocycles. The zero-order valence-corrected chi connectivity index (χ0v) is 9.27. The number of hydrogen-bond acceptors (Lipinski definition) is 4. The van der Waals surface area contributed by atoms with Crippen LogP contribution in [0.5, 0.6) is 17.2 Å². The normalized spacial score (nSPS) is 11.4. The molecule has 4 N–H and O–H groups in total. The van der Waals surface area contributed by atoms with Crippen LogP contribution in [-0.4, -0.2) is 26.4 Å². The Morgan fingerprint density at radius 3 is 2.00 bits per heavy atom. The van der Waals surface area contributed by atoms with Gasteiger partial charge in [0, 0.05) is 5.56 Å². The Labute approximate surface area is 92.6 Å². The first kappa shape index (κ1) is 12.2. The number of carboxylic acids is 1. The molecule has 0 bridgehead atoms.